The molecule has 0 bridgehead atoms. The number of carbonyl (C=O) groups excluding carboxylic acids is 1. The molecule has 8 heteroatoms. The number of hydrogen-bond acceptors (Lipinski definition) is 6. The molecule has 3 N–H and O–H groups in total. The summed E-state index contributed by atoms with van der Waals surface area (Å²) in [6, 6.07) is 11.1. The minimum atomic E-state index is -0.412. The molecule has 2 heterocycles. The molecule has 2 amide bonds. The number of terminal acetylenes is 1. The Balaban J connectivity index is 1.79. The van der Waals surface area contributed by atoms with Gasteiger partial charge in [0.25, 0.3) is 0 Å². The molecule has 0 radical (unpaired) electrons. The minimum absolute atomic E-state index is 0.0570. The van der Waals surface area contributed by atoms with Gasteiger partial charge in [-0.25, -0.2) is 14.8 Å². The molecule has 0 aliphatic carbocycles. The molecule has 1 fully saturated rings. The predicted octanol–water partition coefficient (Wildman–Crippen LogP) is 3.12. The summed E-state index contributed by atoms with van der Waals surface area (Å²) in [6.07, 6.45) is 7.05. The highest BCUT2D eigenvalue weighted by atomic mass is 16.5. The molecule has 32 heavy (non-hydrogen) atoms. The van der Waals surface area contributed by atoms with Crippen LogP contribution in [-0.4, -0.2) is 59.1 Å². The molecule has 1 atom stereocenters. The highest BCUT2D eigenvalue weighted by Crippen LogP contribution is 2.37. The lowest BCUT2D eigenvalue weighted by atomic mass is 9.99. The molecule has 8 nitrogen and oxygen atoms in total. The summed E-state index contributed by atoms with van der Waals surface area (Å²) in [5, 5.41) is 4.20. The number of urea groups is 1. The third-order valence-electron chi connectivity index (χ3n) is 5.85. The van der Waals surface area contributed by atoms with Crippen molar-refractivity contribution in [2.24, 2.45) is 5.73 Å². The summed E-state index contributed by atoms with van der Waals surface area (Å²) in [7, 11) is 1.64. The third-order valence-corrected chi connectivity index (χ3v) is 5.85. The molecule has 1 unspecified atom stereocenters. The van der Waals surface area contributed by atoms with E-state index in [0.29, 0.717) is 24.7 Å². The maximum absolute atomic E-state index is 11.9. The van der Waals surface area contributed by atoms with Crippen molar-refractivity contribution in [1.29, 1.82) is 0 Å². The molecule has 0 spiro atoms. The Kier molecular flexibility index (Phi) is 6.10. The number of anilines is 2. The molecule has 1 aromatic heterocycles. The Hall–Kier alpha value is -3.83. The predicted molar refractivity (Wildman–Crippen MR) is 125 cm³/mol. The summed E-state index contributed by atoms with van der Waals surface area (Å²) in [6.45, 7) is 4.78. The molecule has 2 aromatic carbocycles. The second kappa shape index (κ2) is 9.12. The monoisotopic (exact) mass is 430 g/mol. The number of ether oxygens (including phenoxy) is 1. The molecular weight excluding hydrogens is 404 g/mol. The minimum Gasteiger partial charge on any atom is -0.496 e. The number of methoxy groups -OCH3 is 1. The van der Waals surface area contributed by atoms with E-state index in [2.05, 4.69) is 33.0 Å². The van der Waals surface area contributed by atoms with E-state index in [1.807, 2.05) is 36.4 Å². The summed E-state index contributed by atoms with van der Waals surface area (Å²) < 4.78 is 5.72. The number of carbonyl (C=O) groups is 1. The lowest BCUT2D eigenvalue weighted by molar-refractivity contribution is 0.0958. The second-order valence-corrected chi connectivity index (χ2v) is 7.61. The molecule has 1 aliphatic heterocycles. The SMILES string of the molecule is C#Cc1cccc(Nc2ncnc3cc(OC)c(C4CN(C(N)=O)CCN4CC)cc23)c1. The normalized spacial score (nSPS) is 16.5. The summed E-state index contributed by atoms with van der Waals surface area (Å²) in [5.74, 6) is 4.02. The molecule has 1 aliphatic rings. The number of nitrogens with two attached hydrogens (primary N) is 1. The van der Waals surface area contributed by atoms with Crippen molar-refractivity contribution in [3.63, 3.8) is 0 Å². The van der Waals surface area contributed by atoms with Crippen LogP contribution in [0.4, 0.5) is 16.3 Å². The zero-order valence-electron chi connectivity index (χ0n) is 18.2. The van der Waals surface area contributed by atoms with E-state index in [0.717, 1.165) is 40.8 Å². The molecule has 0 saturated carbocycles. The average Bonchev–Trinajstić information content (AvgIpc) is 2.83. The molecule has 1 saturated heterocycles. The lowest BCUT2D eigenvalue weighted by Gasteiger charge is -2.41. The number of benzene rings is 2. The molecular formula is C24H26N6O2. The van der Waals surface area contributed by atoms with Crippen LogP contribution in [0.15, 0.2) is 42.7 Å². The van der Waals surface area contributed by atoms with Crippen molar-refractivity contribution in [2.45, 2.75) is 13.0 Å². The Morgan fingerprint density at radius 3 is 2.88 bits per heavy atom. The smallest absolute Gasteiger partial charge is 0.314 e. The Labute approximate surface area is 187 Å². The second-order valence-electron chi connectivity index (χ2n) is 7.61. The van der Waals surface area contributed by atoms with Crippen molar-refractivity contribution < 1.29 is 9.53 Å². The number of primary amides is 1. The zero-order valence-corrected chi connectivity index (χ0v) is 18.2. The van der Waals surface area contributed by atoms with Gasteiger partial charge >= 0.3 is 6.03 Å². The first kappa shape index (κ1) is 21.4. The van der Waals surface area contributed by atoms with E-state index >= 15 is 0 Å². The number of fused-ring (bicyclic) bond motifs is 1. The highest BCUT2D eigenvalue weighted by Gasteiger charge is 2.31. The first-order chi connectivity index (χ1) is 15.5. The average molecular weight is 431 g/mol. The van der Waals surface area contributed by atoms with Crippen LogP contribution in [0.2, 0.25) is 0 Å². The van der Waals surface area contributed by atoms with Crippen LogP contribution in [0.3, 0.4) is 0 Å². The zero-order chi connectivity index (χ0) is 22.7. The Bertz CT molecular complexity index is 1190. The first-order valence-electron chi connectivity index (χ1n) is 10.5. The van der Waals surface area contributed by atoms with E-state index in [9.17, 15) is 4.79 Å². The van der Waals surface area contributed by atoms with Gasteiger partial charge in [0, 0.05) is 47.9 Å². The van der Waals surface area contributed by atoms with E-state index in [4.69, 9.17) is 16.9 Å². The topological polar surface area (TPSA) is 96.6 Å². The van der Waals surface area contributed by atoms with Crippen LogP contribution in [0.1, 0.15) is 24.1 Å². The van der Waals surface area contributed by atoms with E-state index < -0.39 is 6.03 Å². The Morgan fingerprint density at radius 2 is 2.16 bits per heavy atom. The number of rotatable bonds is 5. The standard InChI is InChI=1S/C24H26N6O2/c1-4-16-7-6-8-17(11-16)28-23-18-12-19(22(32-3)13-20(18)26-15-27-23)21-14-30(24(25)31)10-9-29(21)5-2/h1,6-8,11-13,15,21H,5,9-10,14H2,2-3H3,(H2,25,31)(H,26,27,28). The van der Waals surface area contributed by atoms with Crippen molar-refractivity contribution in [3.05, 3.63) is 53.9 Å². The third kappa shape index (κ3) is 4.15. The maximum atomic E-state index is 11.9. The number of nitrogens with one attached hydrogen (secondary N) is 1. The summed E-state index contributed by atoms with van der Waals surface area (Å²) in [4.78, 5) is 24.7. The highest BCUT2D eigenvalue weighted by molar-refractivity contribution is 5.92. The lowest BCUT2D eigenvalue weighted by Crippen LogP contribution is -2.51. The van der Waals surface area contributed by atoms with Crippen LogP contribution < -0.4 is 15.8 Å². The van der Waals surface area contributed by atoms with Gasteiger partial charge in [-0.05, 0) is 30.8 Å². The molecule has 4 rings (SSSR count). The van der Waals surface area contributed by atoms with Gasteiger partial charge in [0.1, 0.15) is 17.9 Å². The number of nitrogens with zero attached hydrogens (tertiary/aromatic N) is 4. The van der Waals surface area contributed by atoms with Gasteiger partial charge in [-0.2, -0.15) is 0 Å². The van der Waals surface area contributed by atoms with Crippen LogP contribution in [0, 0.1) is 12.3 Å². The van der Waals surface area contributed by atoms with Gasteiger partial charge in [0.2, 0.25) is 0 Å². The molecule has 164 valence electrons. The van der Waals surface area contributed by atoms with Crippen LogP contribution in [0.5, 0.6) is 5.75 Å². The van der Waals surface area contributed by atoms with E-state index in [-0.39, 0.29) is 6.04 Å². The Morgan fingerprint density at radius 1 is 1.31 bits per heavy atom. The van der Waals surface area contributed by atoms with Crippen molar-refractivity contribution in [2.75, 3.05) is 38.6 Å². The number of piperazine rings is 1. The van der Waals surface area contributed by atoms with Gasteiger partial charge in [0.15, 0.2) is 0 Å². The van der Waals surface area contributed by atoms with Crippen LogP contribution >= 0.6 is 0 Å². The fourth-order valence-corrected chi connectivity index (χ4v) is 4.16. The fraction of sp³-hybridized carbons (Fsp3) is 0.292. The molecule has 3 aromatic rings. The van der Waals surface area contributed by atoms with E-state index in [1.165, 1.54) is 6.33 Å². The van der Waals surface area contributed by atoms with Gasteiger partial charge < -0.3 is 20.7 Å². The van der Waals surface area contributed by atoms with E-state index in [1.54, 1.807) is 12.0 Å². The van der Waals surface area contributed by atoms with Gasteiger partial charge in [-0.3, -0.25) is 4.90 Å². The quantitative estimate of drug-likeness (QED) is 0.604. The summed E-state index contributed by atoms with van der Waals surface area (Å²) in [5.41, 5.74) is 8.91. The van der Waals surface area contributed by atoms with Crippen molar-refractivity contribution in [1.82, 2.24) is 19.8 Å². The maximum Gasteiger partial charge on any atom is 0.314 e. The fourth-order valence-electron chi connectivity index (χ4n) is 4.16. The van der Waals surface area contributed by atoms with Gasteiger partial charge in [-0.1, -0.05) is 18.9 Å². The number of likely N-dealkylation sites (N-methyl/N-ethyl adjacent to an activating group) is 1. The summed E-state index contributed by atoms with van der Waals surface area (Å²) >= 11 is 0. The largest absolute Gasteiger partial charge is 0.496 e. The number of aromatic nitrogens is 2. The first-order valence-corrected chi connectivity index (χ1v) is 10.5. The van der Waals surface area contributed by atoms with Crippen LogP contribution in [-0.2, 0) is 0 Å². The van der Waals surface area contributed by atoms with Crippen molar-refractivity contribution in [3.8, 4) is 18.1 Å². The van der Waals surface area contributed by atoms with Gasteiger partial charge in [-0.15, -0.1) is 6.42 Å². The van der Waals surface area contributed by atoms with Crippen molar-refractivity contribution >= 4 is 28.4 Å². The van der Waals surface area contributed by atoms with Crippen LogP contribution in [0.25, 0.3) is 10.9 Å². The number of hydrogen-bond donors (Lipinski definition) is 2. The van der Waals surface area contributed by atoms with Gasteiger partial charge in [0.05, 0.1) is 18.7 Å². The number of amides is 2.